The van der Waals surface area contributed by atoms with Gasteiger partial charge in [-0.05, 0) is 46.6 Å². The van der Waals surface area contributed by atoms with Crippen LogP contribution < -0.4 is 23.7 Å². The van der Waals surface area contributed by atoms with E-state index < -0.39 is 0 Å². The van der Waals surface area contributed by atoms with E-state index in [1.165, 1.54) is 5.56 Å². The Kier molecular flexibility index (Phi) is 4.95. The molecule has 3 aliphatic heterocycles. The van der Waals surface area contributed by atoms with Crippen molar-refractivity contribution in [2.45, 2.75) is 25.2 Å². The van der Waals surface area contributed by atoms with Crippen LogP contribution in [-0.2, 0) is 17.8 Å². The topological polar surface area (TPSA) is 58.6 Å². The zero-order chi connectivity index (χ0) is 21.0. The predicted octanol–water partition coefficient (Wildman–Crippen LogP) is 4.00. The number of methoxy groups -OCH3 is 3. The minimum Gasteiger partial charge on any atom is -0.493 e. The smallest absolute Gasteiger partial charge is 0.231 e. The molecule has 5 rings (SSSR count). The highest BCUT2D eigenvalue weighted by atomic mass is 79.9. The molecule has 3 heterocycles. The van der Waals surface area contributed by atoms with E-state index >= 15 is 0 Å². The third-order valence-electron chi connectivity index (χ3n) is 6.23. The van der Waals surface area contributed by atoms with Gasteiger partial charge in [-0.15, -0.1) is 0 Å². The molecule has 30 heavy (non-hydrogen) atoms. The van der Waals surface area contributed by atoms with Crippen LogP contribution in [0.1, 0.15) is 34.4 Å². The summed E-state index contributed by atoms with van der Waals surface area (Å²) >= 11 is 3.75. The molecule has 0 N–H and O–H groups in total. The van der Waals surface area contributed by atoms with Crippen molar-refractivity contribution in [1.29, 1.82) is 0 Å². The standard InChI is InChI=1S/C22H24BrNO6/c1-24-8-7-12-15(20(27-4)22-21(16(12)23)29-10-30-22)17(24)19-11-5-6-14(25-2)18(26-3)13(11)9-28-19/h5-6,17,19H,7-10H2,1-4H3/t17-,19-/m1/s1. The minimum atomic E-state index is -0.176. The quantitative estimate of drug-likeness (QED) is 0.659. The summed E-state index contributed by atoms with van der Waals surface area (Å²) < 4.78 is 35.8. The summed E-state index contributed by atoms with van der Waals surface area (Å²) in [7, 11) is 7.10. The lowest BCUT2D eigenvalue weighted by atomic mass is 9.85. The van der Waals surface area contributed by atoms with E-state index in [2.05, 4.69) is 33.9 Å². The van der Waals surface area contributed by atoms with Crippen molar-refractivity contribution in [3.8, 4) is 28.7 Å². The molecule has 2 aromatic carbocycles. The number of hydrogen-bond donors (Lipinski definition) is 0. The molecule has 0 amide bonds. The van der Waals surface area contributed by atoms with Crippen LogP contribution in [0.15, 0.2) is 16.6 Å². The molecule has 2 atom stereocenters. The van der Waals surface area contributed by atoms with E-state index in [1.807, 2.05) is 6.07 Å². The second-order valence-electron chi connectivity index (χ2n) is 7.58. The number of nitrogens with zero attached hydrogens (tertiary/aromatic N) is 1. The highest BCUT2D eigenvalue weighted by Crippen LogP contribution is 2.57. The molecule has 0 spiro atoms. The van der Waals surface area contributed by atoms with Crippen molar-refractivity contribution in [3.05, 3.63) is 38.9 Å². The molecule has 0 saturated heterocycles. The lowest BCUT2D eigenvalue weighted by molar-refractivity contribution is -0.00488. The summed E-state index contributed by atoms with van der Waals surface area (Å²) in [4.78, 5) is 2.32. The maximum absolute atomic E-state index is 6.37. The first-order valence-corrected chi connectivity index (χ1v) is 10.6. The maximum atomic E-state index is 6.37. The lowest BCUT2D eigenvalue weighted by Gasteiger charge is -2.39. The van der Waals surface area contributed by atoms with Gasteiger partial charge in [-0.1, -0.05) is 6.07 Å². The van der Waals surface area contributed by atoms with Gasteiger partial charge in [-0.25, -0.2) is 0 Å². The van der Waals surface area contributed by atoms with E-state index in [0.29, 0.717) is 23.9 Å². The van der Waals surface area contributed by atoms with Crippen molar-refractivity contribution in [2.24, 2.45) is 0 Å². The Labute approximate surface area is 183 Å². The van der Waals surface area contributed by atoms with Crippen molar-refractivity contribution >= 4 is 15.9 Å². The molecule has 3 aliphatic rings. The first-order valence-electron chi connectivity index (χ1n) is 9.84. The molecule has 0 unspecified atom stereocenters. The molecule has 0 aromatic heterocycles. The Balaban J connectivity index is 1.68. The summed E-state index contributed by atoms with van der Waals surface area (Å²) in [5, 5.41) is 0. The van der Waals surface area contributed by atoms with Gasteiger partial charge in [0, 0.05) is 17.7 Å². The normalized spacial score (nSPS) is 21.9. The van der Waals surface area contributed by atoms with E-state index in [4.69, 9.17) is 28.4 Å². The number of hydrogen-bond acceptors (Lipinski definition) is 7. The number of halogens is 1. The fourth-order valence-electron chi connectivity index (χ4n) is 4.86. The minimum absolute atomic E-state index is 0.0474. The number of ether oxygens (including phenoxy) is 6. The highest BCUT2D eigenvalue weighted by Gasteiger charge is 2.43. The largest absolute Gasteiger partial charge is 0.493 e. The number of likely N-dealkylation sites (N-methyl/N-ethyl adjacent to an activating group) is 1. The molecule has 0 radical (unpaired) electrons. The molecule has 0 aliphatic carbocycles. The van der Waals surface area contributed by atoms with Crippen LogP contribution in [0.2, 0.25) is 0 Å². The Hall–Kier alpha value is -2.16. The Morgan fingerprint density at radius 2 is 1.77 bits per heavy atom. The van der Waals surface area contributed by atoms with Crippen molar-refractivity contribution in [3.63, 3.8) is 0 Å². The van der Waals surface area contributed by atoms with Gasteiger partial charge in [0.2, 0.25) is 12.5 Å². The Morgan fingerprint density at radius 3 is 2.50 bits per heavy atom. The first-order chi connectivity index (χ1) is 14.6. The van der Waals surface area contributed by atoms with Gasteiger partial charge < -0.3 is 28.4 Å². The SMILES string of the molecule is COc1ccc2c(c1OC)CO[C@H]2[C@H]1c2c(c(Br)c3c(c2OC)OCO3)CCN1C. The lowest BCUT2D eigenvalue weighted by Crippen LogP contribution is -2.36. The average Bonchev–Trinajstić information content (AvgIpc) is 3.41. The van der Waals surface area contributed by atoms with Crippen molar-refractivity contribution < 1.29 is 28.4 Å². The van der Waals surface area contributed by atoms with Gasteiger partial charge in [0.1, 0.15) is 6.10 Å². The number of rotatable bonds is 4. The average molecular weight is 478 g/mol. The Bertz CT molecular complexity index is 1010. The fraction of sp³-hybridized carbons (Fsp3) is 0.455. The van der Waals surface area contributed by atoms with E-state index in [0.717, 1.165) is 45.6 Å². The van der Waals surface area contributed by atoms with Crippen LogP contribution >= 0.6 is 15.9 Å². The van der Waals surface area contributed by atoms with E-state index in [9.17, 15) is 0 Å². The van der Waals surface area contributed by atoms with Crippen LogP contribution in [0.4, 0.5) is 0 Å². The second kappa shape index (κ2) is 7.51. The zero-order valence-corrected chi connectivity index (χ0v) is 19.0. The molecule has 0 bridgehead atoms. The van der Waals surface area contributed by atoms with Crippen molar-refractivity contribution in [1.82, 2.24) is 4.90 Å². The number of fused-ring (bicyclic) bond motifs is 3. The zero-order valence-electron chi connectivity index (χ0n) is 17.4. The van der Waals surface area contributed by atoms with E-state index in [1.54, 1.807) is 21.3 Å². The van der Waals surface area contributed by atoms with Crippen LogP contribution in [-0.4, -0.2) is 46.6 Å². The third kappa shape index (κ3) is 2.70. The summed E-state index contributed by atoms with van der Waals surface area (Å²) in [6.07, 6.45) is 0.701. The molecular weight excluding hydrogens is 454 g/mol. The monoisotopic (exact) mass is 477 g/mol. The van der Waals surface area contributed by atoms with Crippen molar-refractivity contribution in [2.75, 3.05) is 41.7 Å². The molecule has 160 valence electrons. The molecule has 7 nitrogen and oxygen atoms in total. The highest BCUT2D eigenvalue weighted by molar-refractivity contribution is 9.10. The van der Waals surface area contributed by atoms with Gasteiger partial charge in [0.25, 0.3) is 0 Å². The maximum Gasteiger partial charge on any atom is 0.231 e. The van der Waals surface area contributed by atoms with Crippen LogP contribution in [0.3, 0.4) is 0 Å². The van der Waals surface area contributed by atoms with Gasteiger partial charge in [0.15, 0.2) is 23.0 Å². The molecule has 2 aromatic rings. The van der Waals surface area contributed by atoms with Gasteiger partial charge >= 0.3 is 0 Å². The number of benzene rings is 2. The second-order valence-corrected chi connectivity index (χ2v) is 8.37. The molecule has 8 heteroatoms. The van der Waals surface area contributed by atoms with Gasteiger partial charge in [0.05, 0.1) is 38.5 Å². The molecular formula is C22H24BrNO6. The first kappa shape index (κ1) is 19.8. The van der Waals surface area contributed by atoms with Crippen LogP contribution in [0.5, 0.6) is 28.7 Å². The predicted molar refractivity (Wildman–Crippen MR) is 113 cm³/mol. The fourth-order valence-corrected chi connectivity index (χ4v) is 5.57. The summed E-state index contributed by atoms with van der Waals surface area (Å²) in [5.41, 5.74) is 4.39. The van der Waals surface area contributed by atoms with Crippen LogP contribution in [0.25, 0.3) is 0 Å². The molecule has 0 fully saturated rings. The van der Waals surface area contributed by atoms with E-state index in [-0.39, 0.29) is 18.9 Å². The summed E-state index contributed by atoms with van der Waals surface area (Å²) in [6, 6.07) is 3.97. The molecule has 0 saturated carbocycles. The summed E-state index contributed by atoms with van der Waals surface area (Å²) in [5.74, 6) is 3.52. The Morgan fingerprint density at radius 1 is 1.00 bits per heavy atom. The third-order valence-corrected chi connectivity index (χ3v) is 7.07. The summed E-state index contributed by atoms with van der Waals surface area (Å²) in [6.45, 7) is 1.54. The van der Waals surface area contributed by atoms with Gasteiger partial charge in [-0.2, -0.15) is 0 Å². The van der Waals surface area contributed by atoms with Crippen LogP contribution in [0, 0.1) is 0 Å². The van der Waals surface area contributed by atoms with Gasteiger partial charge in [-0.3, -0.25) is 4.90 Å².